The summed E-state index contributed by atoms with van der Waals surface area (Å²) in [5, 5.41) is 0. The SMILES string of the molecule is [2H]c1ccccc1N(C)C(=O)C([2H])(C)c1ccccc1. The van der Waals surface area contributed by atoms with Crippen molar-refractivity contribution in [2.75, 3.05) is 11.9 Å². The maximum absolute atomic E-state index is 12.6. The predicted molar refractivity (Wildman–Crippen MR) is 74.7 cm³/mol. The fraction of sp³-hybridized carbons (Fsp3) is 0.188. The minimum absolute atomic E-state index is 0.271. The Bertz CT molecular complexity index is 611. The van der Waals surface area contributed by atoms with E-state index in [4.69, 9.17) is 2.74 Å². The molecule has 0 bridgehead atoms. The van der Waals surface area contributed by atoms with Gasteiger partial charge in [-0.15, -0.1) is 0 Å². The van der Waals surface area contributed by atoms with Crippen LogP contribution in [0.15, 0.2) is 60.6 Å². The standard InChI is InChI=1S/C16H17NO/c1-13(14-9-5-3-6-10-14)16(18)17(2)15-11-7-4-8-12-15/h3-13H,1-2H3/i11D,13D. The molecule has 0 aliphatic rings. The number of likely N-dealkylation sites (N-methyl/N-ethyl adjacent to an activating group) is 1. The van der Waals surface area contributed by atoms with Crippen LogP contribution < -0.4 is 4.90 Å². The number of hydrogen-bond donors (Lipinski definition) is 0. The second-order valence-corrected chi connectivity index (χ2v) is 4.10. The van der Waals surface area contributed by atoms with Gasteiger partial charge < -0.3 is 4.90 Å². The third-order valence-electron chi connectivity index (χ3n) is 2.89. The van der Waals surface area contributed by atoms with Gasteiger partial charge in [0.1, 0.15) is 0 Å². The van der Waals surface area contributed by atoms with Crippen molar-refractivity contribution in [3.05, 3.63) is 66.2 Å². The summed E-state index contributed by atoms with van der Waals surface area (Å²) in [4.78, 5) is 14.0. The second kappa shape index (κ2) is 5.50. The zero-order valence-corrected chi connectivity index (χ0v) is 10.6. The highest BCUT2D eigenvalue weighted by Gasteiger charge is 2.19. The minimum atomic E-state index is -1.38. The summed E-state index contributed by atoms with van der Waals surface area (Å²) in [6.45, 7) is 1.58. The van der Waals surface area contributed by atoms with Crippen LogP contribution in [0.3, 0.4) is 0 Å². The van der Waals surface area contributed by atoms with Gasteiger partial charge in [-0.05, 0) is 24.6 Å². The first-order chi connectivity index (χ1) is 9.44. The molecule has 2 nitrogen and oxygen atoms in total. The van der Waals surface area contributed by atoms with Gasteiger partial charge >= 0.3 is 0 Å². The number of carbonyl (C=O) groups is 1. The molecular weight excluding hydrogens is 222 g/mol. The lowest BCUT2D eigenvalue weighted by Gasteiger charge is -2.21. The van der Waals surface area contributed by atoms with Crippen LogP contribution in [0.2, 0.25) is 0 Å². The Balaban J connectivity index is 2.34. The van der Waals surface area contributed by atoms with Crippen molar-refractivity contribution in [1.82, 2.24) is 0 Å². The van der Waals surface area contributed by atoms with E-state index in [1.54, 1.807) is 50.4 Å². The zero-order valence-electron chi connectivity index (χ0n) is 12.6. The molecule has 0 radical (unpaired) electrons. The smallest absolute Gasteiger partial charge is 0.233 e. The van der Waals surface area contributed by atoms with E-state index >= 15 is 0 Å². The van der Waals surface area contributed by atoms with Gasteiger partial charge in [-0.1, -0.05) is 48.5 Å². The molecule has 0 heterocycles. The number of rotatable bonds is 3. The molecule has 1 atom stereocenters. The summed E-state index contributed by atoms with van der Waals surface area (Å²) in [6.07, 6.45) is 0. The van der Waals surface area contributed by atoms with Gasteiger partial charge in [-0.25, -0.2) is 0 Å². The fourth-order valence-electron chi connectivity index (χ4n) is 1.77. The molecular formula is C16H17NO. The van der Waals surface area contributed by atoms with Crippen LogP contribution in [0.4, 0.5) is 5.69 Å². The van der Waals surface area contributed by atoms with Gasteiger partial charge in [0.15, 0.2) is 0 Å². The number of carbonyl (C=O) groups excluding carboxylic acids is 1. The van der Waals surface area contributed by atoms with Crippen molar-refractivity contribution in [1.29, 1.82) is 0 Å². The quantitative estimate of drug-likeness (QED) is 0.806. The number of amides is 1. The molecule has 92 valence electrons. The Morgan fingerprint density at radius 3 is 2.44 bits per heavy atom. The number of nitrogens with zero attached hydrogens (tertiary/aromatic N) is 1. The molecule has 0 saturated heterocycles. The molecule has 0 aliphatic carbocycles. The molecule has 2 aromatic rings. The van der Waals surface area contributed by atoms with E-state index in [2.05, 4.69) is 0 Å². The molecule has 0 N–H and O–H groups in total. The van der Waals surface area contributed by atoms with E-state index in [-0.39, 0.29) is 11.9 Å². The fourth-order valence-corrected chi connectivity index (χ4v) is 1.77. The van der Waals surface area contributed by atoms with E-state index in [1.165, 1.54) is 4.90 Å². The first kappa shape index (κ1) is 9.89. The summed E-state index contributed by atoms with van der Waals surface area (Å²) < 4.78 is 16.2. The Morgan fingerprint density at radius 2 is 1.78 bits per heavy atom. The maximum atomic E-state index is 12.6. The molecule has 2 aromatic carbocycles. The topological polar surface area (TPSA) is 20.3 Å². The number of hydrogen-bond acceptors (Lipinski definition) is 1. The highest BCUT2D eigenvalue weighted by Crippen LogP contribution is 2.20. The van der Waals surface area contributed by atoms with Gasteiger partial charge in [0.05, 0.1) is 7.26 Å². The molecule has 2 heteroatoms. The lowest BCUT2D eigenvalue weighted by Crippen LogP contribution is -2.30. The third-order valence-corrected chi connectivity index (χ3v) is 2.89. The van der Waals surface area contributed by atoms with Crippen molar-refractivity contribution >= 4 is 11.6 Å². The zero-order chi connectivity index (χ0) is 14.8. The van der Waals surface area contributed by atoms with Gasteiger partial charge in [-0.2, -0.15) is 0 Å². The summed E-state index contributed by atoms with van der Waals surface area (Å²) >= 11 is 0. The molecule has 0 fully saturated rings. The highest BCUT2D eigenvalue weighted by atomic mass is 16.2. The van der Waals surface area contributed by atoms with Crippen LogP contribution in [-0.4, -0.2) is 13.0 Å². The van der Waals surface area contributed by atoms with Crippen LogP contribution in [-0.2, 0) is 4.79 Å². The van der Waals surface area contributed by atoms with Crippen LogP contribution in [0.25, 0.3) is 0 Å². The highest BCUT2D eigenvalue weighted by molar-refractivity contribution is 5.97. The molecule has 1 unspecified atom stereocenters. The van der Waals surface area contributed by atoms with E-state index in [9.17, 15) is 4.79 Å². The molecule has 0 aromatic heterocycles. The summed E-state index contributed by atoms with van der Waals surface area (Å²) in [7, 11) is 1.60. The second-order valence-electron chi connectivity index (χ2n) is 4.10. The first-order valence-electron chi connectivity index (χ1n) is 6.84. The maximum Gasteiger partial charge on any atom is 0.233 e. The Morgan fingerprint density at radius 1 is 1.17 bits per heavy atom. The van der Waals surface area contributed by atoms with Crippen molar-refractivity contribution < 1.29 is 7.54 Å². The third kappa shape index (κ3) is 2.59. The number of benzene rings is 2. The van der Waals surface area contributed by atoms with Crippen LogP contribution in [0.5, 0.6) is 0 Å². The van der Waals surface area contributed by atoms with Crippen molar-refractivity contribution in [2.24, 2.45) is 0 Å². The van der Waals surface area contributed by atoms with Crippen LogP contribution >= 0.6 is 0 Å². The predicted octanol–water partition coefficient (Wildman–Crippen LogP) is 3.45. The van der Waals surface area contributed by atoms with Gasteiger partial charge in [0.2, 0.25) is 5.91 Å². The van der Waals surface area contributed by atoms with Crippen molar-refractivity contribution in [3.63, 3.8) is 0 Å². The Kier molecular flexibility index (Phi) is 3.02. The minimum Gasteiger partial charge on any atom is -0.315 e. The Labute approximate surface area is 111 Å². The summed E-state index contributed by atoms with van der Waals surface area (Å²) in [6, 6.07) is 16.2. The van der Waals surface area contributed by atoms with E-state index in [1.807, 2.05) is 18.2 Å². The lowest BCUT2D eigenvalue weighted by molar-refractivity contribution is -0.119. The van der Waals surface area contributed by atoms with E-state index in [0.717, 1.165) is 0 Å². The first-order valence-corrected chi connectivity index (χ1v) is 5.84. The van der Waals surface area contributed by atoms with Gasteiger partial charge in [0, 0.05) is 14.1 Å². The summed E-state index contributed by atoms with van der Waals surface area (Å²) in [5.41, 5.74) is 1.14. The van der Waals surface area contributed by atoms with E-state index in [0.29, 0.717) is 11.3 Å². The summed E-state index contributed by atoms with van der Waals surface area (Å²) in [5.74, 6) is -1.73. The van der Waals surface area contributed by atoms with Gasteiger partial charge in [-0.3, -0.25) is 4.79 Å². The Hall–Kier alpha value is -2.09. The van der Waals surface area contributed by atoms with Crippen molar-refractivity contribution in [3.8, 4) is 0 Å². The average Bonchev–Trinajstić information content (AvgIpc) is 2.47. The molecule has 0 saturated carbocycles. The van der Waals surface area contributed by atoms with Crippen LogP contribution in [0, 0.1) is 0 Å². The molecule has 0 spiro atoms. The number of anilines is 1. The normalized spacial score (nSPS) is 15.2. The molecule has 1 amide bonds. The molecule has 18 heavy (non-hydrogen) atoms. The van der Waals surface area contributed by atoms with Crippen molar-refractivity contribution in [2.45, 2.75) is 12.8 Å². The van der Waals surface area contributed by atoms with E-state index < -0.39 is 5.89 Å². The lowest BCUT2D eigenvalue weighted by atomic mass is 10.00. The largest absolute Gasteiger partial charge is 0.315 e. The average molecular weight is 241 g/mol. The van der Waals surface area contributed by atoms with Crippen LogP contribution in [0.1, 0.15) is 21.1 Å². The molecule has 0 aliphatic heterocycles. The molecule has 2 rings (SSSR count). The van der Waals surface area contributed by atoms with Gasteiger partial charge in [0.25, 0.3) is 0 Å². The number of para-hydroxylation sites is 1. The monoisotopic (exact) mass is 241 g/mol.